The molecule has 100 valence electrons. The molecule has 0 spiro atoms. The van der Waals surface area contributed by atoms with Crippen LogP contribution in [-0.2, 0) is 0 Å². The third-order valence-corrected chi connectivity index (χ3v) is 3.06. The van der Waals surface area contributed by atoms with Crippen LogP contribution in [-0.4, -0.2) is 14.8 Å². The van der Waals surface area contributed by atoms with Crippen molar-refractivity contribution in [3.05, 3.63) is 65.4 Å². The number of para-hydroxylation sites is 1. The van der Waals surface area contributed by atoms with Crippen LogP contribution in [0.5, 0.6) is 0 Å². The predicted octanol–water partition coefficient (Wildman–Crippen LogP) is 3.87. The van der Waals surface area contributed by atoms with Gasteiger partial charge < -0.3 is 0 Å². The smallest absolute Gasteiger partial charge is 0.230 e. The first-order chi connectivity index (χ1) is 9.68. The van der Waals surface area contributed by atoms with E-state index in [1.54, 1.807) is 24.3 Å². The average molecular weight is 292 g/mol. The zero-order valence-corrected chi connectivity index (χ0v) is 10.9. The van der Waals surface area contributed by atoms with Crippen molar-refractivity contribution >= 4 is 11.6 Å². The lowest BCUT2D eigenvalue weighted by molar-refractivity contribution is 0.569. The molecule has 0 unspecified atom stereocenters. The summed E-state index contributed by atoms with van der Waals surface area (Å²) in [4.78, 5) is 0. The van der Waals surface area contributed by atoms with Gasteiger partial charge in [-0.15, -0.1) is 10.2 Å². The van der Waals surface area contributed by atoms with Gasteiger partial charge in [0.1, 0.15) is 17.3 Å². The summed E-state index contributed by atoms with van der Waals surface area (Å²) in [7, 11) is 0. The molecule has 1 heterocycles. The topological polar surface area (TPSA) is 30.7 Å². The lowest BCUT2D eigenvalue weighted by Gasteiger charge is -2.09. The normalized spacial score (nSPS) is 10.8. The van der Waals surface area contributed by atoms with Gasteiger partial charge in [-0.1, -0.05) is 36.4 Å². The summed E-state index contributed by atoms with van der Waals surface area (Å²) in [6.07, 6.45) is 0. The quantitative estimate of drug-likeness (QED) is 0.717. The maximum atomic E-state index is 13.9. The summed E-state index contributed by atoms with van der Waals surface area (Å²) >= 11 is 5.93. The first kappa shape index (κ1) is 12.7. The Kier molecular flexibility index (Phi) is 3.20. The first-order valence-corrected chi connectivity index (χ1v) is 6.17. The number of nitrogens with zero attached hydrogens (tertiary/aromatic N) is 3. The van der Waals surface area contributed by atoms with E-state index in [1.165, 1.54) is 6.07 Å². The van der Waals surface area contributed by atoms with Crippen molar-refractivity contribution in [2.24, 2.45) is 0 Å². The number of halogens is 3. The van der Waals surface area contributed by atoms with Crippen LogP contribution in [0.4, 0.5) is 8.78 Å². The molecule has 0 aliphatic carbocycles. The molecule has 1 aromatic heterocycles. The van der Waals surface area contributed by atoms with Crippen molar-refractivity contribution in [3.63, 3.8) is 0 Å². The molecular weight excluding hydrogens is 284 g/mol. The molecular formula is C14H8ClF2N3. The van der Waals surface area contributed by atoms with Crippen LogP contribution in [0.15, 0.2) is 48.5 Å². The van der Waals surface area contributed by atoms with Crippen molar-refractivity contribution < 1.29 is 8.78 Å². The molecule has 3 rings (SSSR count). The highest BCUT2D eigenvalue weighted by atomic mass is 35.5. The molecule has 0 amide bonds. The van der Waals surface area contributed by atoms with E-state index >= 15 is 0 Å². The Labute approximate surface area is 118 Å². The second-order valence-electron chi connectivity index (χ2n) is 4.06. The van der Waals surface area contributed by atoms with Crippen LogP contribution < -0.4 is 0 Å². The fraction of sp³-hybridized carbons (Fsp3) is 0. The fourth-order valence-electron chi connectivity index (χ4n) is 1.94. The molecule has 0 aliphatic heterocycles. The van der Waals surface area contributed by atoms with E-state index in [-0.39, 0.29) is 16.8 Å². The molecule has 2 aromatic carbocycles. The molecule has 6 heteroatoms. The third-order valence-electron chi connectivity index (χ3n) is 2.82. The van der Waals surface area contributed by atoms with Crippen LogP contribution >= 0.6 is 11.6 Å². The molecule has 0 radical (unpaired) electrons. The second kappa shape index (κ2) is 5.02. The van der Waals surface area contributed by atoms with Gasteiger partial charge in [0.15, 0.2) is 5.82 Å². The van der Waals surface area contributed by atoms with Gasteiger partial charge in [-0.25, -0.2) is 8.78 Å². The Bertz CT molecular complexity index is 736. The fourth-order valence-corrected chi connectivity index (χ4v) is 2.14. The van der Waals surface area contributed by atoms with E-state index in [2.05, 4.69) is 10.2 Å². The number of hydrogen-bond donors (Lipinski definition) is 0. The van der Waals surface area contributed by atoms with E-state index in [4.69, 9.17) is 11.6 Å². The third kappa shape index (κ3) is 2.06. The maximum absolute atomic E-state index is 13.9. The van der Waals surface area contributed by atoms with Gasteiger partial charge in [0.2, 0.25) is 5.28 Å². The number of benzene rings is 2. The van der Waals surface area contributed by atoms with Gasteiger partial charge in [-0.05, 0) is 23.7 Å². The summed E-state index contributed by atoms with van der Waals surface area (Å²) < 4.78 is 29.0. The zero-order valence-electron chi connectivity index (χ0n) is 10.1. The van der Waals surface area contributed by atoms with Crippen LogP contribution in [0, 0.1) is 11.6 Å². The number of hydrogen-bond acceptors (Lipinski definition) is 2. The van der Waals surface area contributed by atoms with Crippen molar-refractivity contribution in [2.75, 3.05) is 0 Å². The summed E-state index contributed by atoms with van der Waals surface area (Å²) in [5, 5.41) is 7.49. The highest BCUT2D eigenvalue weighted by Gasteiger charge is 2.20. The molecule has 0 saturated carbocycles. The van der Waals surface area contributed by atoms with Crippen molar-refractivity contribution in [1.29, 1.82) is 0 Å². The van der Waals surface area contributed by atoms with Gasteiger partial charge >= 0.3 is 0 Å². The minimum Gasteiger partial charge on any atom is -0.260 e. The minimum atomic E-state index is -0.733. The molecule has 20 heavy (non-hydrogen) atoms. The van der Waals surface area contributed by atoms with E-state index in [9.17, 15) is 8.78 Å². The van der Waals surface area contributed by atoms with E-state index in [0.29, 0.717) is 5.56 Å². The molecule has 3 nitrogen and oxygen atoms in total. The van der Waals surface area contributed by atoms with Crippen LogP contribution in [0.25, 0.3) is 17.1 Å². The predicted molar refractivity (Wildman–Crippen MR) is 71.7 cm³/mol. The van der Waals surface area contributed by atoms with E-state index in [0.717, 1.165) is 16.7 Å². The van der Waals surface area contributed by atoms with Crippen LogP contribution in [0.3, 0.4) is 0 Å². The van der Waals surface area contributed by atoms with Crippen molar-refractivity contribution in [3.8, 4) is 17.1 Å². The lowest BCUT2D eigenvalue weighted by atomic mass is 10.2. The molecule has 0 saturated heterocycles. The SMILES string of the molecule is Fc1cccc(F)c1-n1c(Cl)nnc1-c1ccccc1. The summed E-state index contributed by atoms with van der Waals surface area (Å²) in [5.41, 5.74) is 0.371. The van der Waals surface area contributed by atoms with Crippen LogP contribution in [0.1, 0.15) is 0 Å². The van der Waals surface area contributed by atoms with E-state index < -0.39 is 11.6 Å². The minimum absolute atomic E-state index is 0.104. The maximum Gasteiger partial charge on any atom is 0.230 e. The Morgan fingerprint density at radius 1 is 0.850 bits per heavy atom. The molecule has 0 atom stereocenters. The van der Waals surface area contributed by atoms with Gasteiger partial charge in [-0.2, -0.15) is 0 Å². The Morgan fingerprint density at radius 3 is 2.15 bits per heavy atom. The molecule has 0 N–H and O–H groups in total. The lowest BCUT2D eigenvalue weighted by Crippen LogP contribution is -2.03. The second-order valence-corrected chi connectivity index (χ2v) is 4.40. The Balaban J connectivity index is 2.28. The Morgan fingerprint density at radius 2 is 1.50 bits per heavy atom. The molecule has 0 aliphatic rings. The molecule has 0 fully saturated rings. The number of aromatic nitrogens is 3. The zero-order chi connectivity index (χ0) is 14.1. The monoisotopic (exact) mass is 291 g/mol. The summed E-state index contributed by atoms with van der Waals surface area (Å²) in [6.45, 7) is 0. The standard InChI is InChI=1S/C14H8ClF2N3/c15-14-19-18-13(9-5-2-1-3-6-9)20(14)12-10(16)7-4-8-11(12)17/h1-8H. The van der Waals surface area contributed by atoms with Gasteiger partial charge in [0, 0.05) is 5.56 Å². The van der Waals surface area contributed by atoms with E-state index in [1.807, 2.05) is 6.07 Å². The Hall–Kier alpha value is -2.27. The first-order valence-electron chi connectivity index (χ1n) is 5.79. The van der Waals surface area contributed by atoms with Crippen molar-refractivity contribution in [1.82, 2.24) is 14.8 Å². The highest BCUT2D eigenvalue weighted by molar-refractivity contribution is 6.28. The molecule has 3 aromatic rings. The molecule has 0 bridgehead atoms. The van der Waals surface area contributed by atoms with Gasteiger partial charge in [-0.3, -0.25) is 4.57 Å². The summed E-state index contributed by atoms with van der Waals surface area (Å²) in [5.74, 6) is -1.19. The highest BCUT2D eigenvalue weighted by Crippen LogP contribution is 2.28. The number of rotatable bonds is 2. The average Bonchev–Trinajstić information content (AvgIpc) is 2.82. The van der Waals surface area contributed by atoms with Gasteiger partial charge in [0.05, 0.1) is 0 Å². The van der Waals surface area contributed by atoms with Crippen LogP contribution in [0.2, 0.25) is 5.28 Å². The van der Waals surface area contributed by atoms with Crippen molar-refractivity contribution in [2.45, 2.75) is 0 Å². The summed E-state index contributed by atoms with van der Waals surface area (Å²) in [6, 6.07) is 12.5. The largest absolute Gasteiger partial charge is 0.260 e. The van der Waals surface area contributed by atoms with Gasteiger partial charge in [0.25, 0.3) is 0 Å².